The van der Waals surface area contributed by atoms with Gasteiger partial charge in [-0.3, -0.25) is 0 Å². The van der Waals surface area contributed by atoms with Gasteiger partial charge in [-0.2, -0.15) is 0 Å². The van der Waals surface area contributed by atoms with Crippen LogP contribution in [0.15, 0.2) is 42.5 Å². The van der Waals surface area contributed by atoms with Crippen LogP contribution in [0.1, 0.15) is 5.56 Å². The Morgan fingerprint density at radius 2 is 1.94 bits per heavy atom. The lowest BCUT2D eigenvalue weighted by molar-refractivity contribution is 0.282. The molecule has 0 spiro atoms. The molecule has 0 aliphatic carbocycles. The molecule has 94 valence electrons. The van der Waals surface area contributed by atoms with Gasteiger partial charge in [-0.1, -0.05) is 29.8 Å². The molecular weight excluding hydrogens is 253 g/mol. The third-order valence-corrected chi connectivity index (χ3v) is 3.16. The highest BCUT2D eigenvalue weighted by atomic mass is 35.5. The number of halogens is 2. The number of hydrogen-bond donors (Lipinski definition) is 1. The van der Waals surface area contributed by atoms with Crippen molar-refractivity contribution < 1.29 is 9.50 Å². The van der Waals surface area contributed by atoms with Crippen LogP contribution in [-0.2, 0) is 6.61 Å². The Hall–Kier alpha value is -1.58. The summed E-state index contributed by atoms with van der Waals surface area (Å²) in [5, 5.41) is 9.52. The van der Waals surface area contributed by atoms with Gasteiger partial charge < -0.3 is 10.0 Å². The zero-order valence-electron chi connectivity index (χ0n) is 9.90. The number of rotatable bonds is 3. The molecule has 2 nitrogen and oxygen atoms in total. The first-order valence-electron chi connectivity index (χ1n) is 5.51. The molecule has 2 aromatic rings. The molecule has 2 rings (SSSR count). The monoisotopic (exact) mass is 265 g/mol. The van der Waals surface area contributed by atoms with Gasteiger partial charge in [0.1, 0.15) is 5.82 Å². The van der Waals surface area contributed by atoms with E-state index in [0.717, 1.165) is 5.69 Å². The van der Waals surface area contributed by atoms with E-state index in [9.17, 15) is 4.39 Å². The smallest absolute Gasteiger partial charge is 0.146 e. The Morgan fingerprint density at radius 3 is 2.56 bits per heavy atom. The molecule has 0 radical (unpaired) electrons. The first kappa shape index (κ1) is 12.9. The Bertz CT molecular complexity index is 559. The van der Waals surface area contributed by atoms with Crippen LogP contribution in [0.5, 0.6) is 0 Å². The van der Waals surface area contributed by atoms with E-state index < -0.39 is 0 Å². The van der Waals surface area contributed by atoms with Crippen molar-refractivity contribution >= 4 is 23.0 Å². The third kappa shape index (κ3) is 2.47. The van der Waals surface area contributed by atoms with E-state index in [1.54, 1.807) is 48.3 Å². The summed E-state index contributed by atoms with van der Waals surface area (Å²) in [5.74, 6) is -0.289. The molecule has 0 bridgehead atoms. The van der Waals surface area contributed by atoms with Gasteiger partial charge in [-0.05, 0) is 29.8 Å². The molecule has 0 saturated heterocycles. The number of anilines is 2. The zero-order chi connectivity index (χ0) is 13.1. The second-order valence-corrected chi connectivity index (χ2v) is 4.35. The summed E-state index contributed by atoms with van der Waals surface area (Å²) >= 11 is 6.02. The zero-order valence-corrected chi connectivity index (χ0v) is 10.7. The lowest BCUT2D eigenvalue weighted by atomic mass is 10.2. The average Bonchev–Trinajstić information content (AvgIpc) is 2.38. The minimum Gasteiger partial charge on any atom is -0.392 e. The van der Waals surface area contributed by atoms with Gasteiger partial charge in [0.2, 0.25) is 0 Å². The second-order valence-electron chi connectivity index (χ2n) is 3.94. The maximum absolute atomic E-state index is 13.7. The highest BCUT2D eigenvalue weighted by Crippen LogP contribution is 2.29. The van der Waals surface area contributed by atoms with E-state index in [1.807, 2.05) is 0 Å². The quantitative estimate of drug-likeness (QED) is 0.914. The van der Waals surface area contributed by atoms with Crippen LogP contribution in [-0.4, -0.2) is 12.2 Å². The van der Waals surface area contributed by atoms with Gasteiger partial charge in [-0.15, -0.1) is 0 Å². The molecule has 1 N–H and O–H groups in total. The topological polar surface area (TPSA) is 23.5 Å². The highest BCUT2D eigenvalue weighted by Gasteiger charge is 2.10. The van der Waals surface area contributed by atoms with Gasteiger partial charge >= 0.3 is 0 Å². The normalized spacial score (nSPS) is 10.4. The molecule has 0 unspecified atom stereocenters. The fraction of sp³-hybridized carbons (Fsp3) is 0.143. The number of hydrogen-bond acceptors (Lipinski definition) is 2. The molecule has 18 heavy (non-hydrogen) atoms. The largest absolute Gasteiger partial charge is 0.392 e. The number of para-hydroxylation sites is 1. The van der Waals surface area contributed by atoms with Crippen LogP contribution in [0.2, 0.25) is 5.02 Å². The Labute approximate surface area is 110 Å². The second kappa shape index (κ2) is 5.38. The fourth-order valence-corrected chi connectivity index (χ4v) is 1.97. The first-order chi connectivity index (χ1) is 8.63. The predicted octanol–water partition coefficient (Wildman–Crippen LogP) is 3.74. The maximum atomic E-state index is 13.7. The number of nitrogens with zero attached hydrogens (tertiary/aromatic N) is 1. The number of aliphatic hydroxyl groups excluding tert-OH is 1. The van der Waals surface area contributed by atoms with Crippen molar-refractivity contribution in [1.82, 2.24) is 0 Å². The van der Waals surface area contributed by atoms with E-state index in [1.165, 1.54) is 6.07 Å². The Morgan fingerprint density at radius 1 is 1.22 bits per heavy atom. The summed E-state index contributed by atoms with van der Waals surface area (Å²) in [6.45, 7) is -0.109. The molecule has 2 aromatic carbocycles. The van der Waals surface area contributed by atoms with Crippen molar-refractivity contribution in [1.29, 1.82) is 0 Å². The third-order valence-electron chi connectivity index (χ3n) is 2.81. The molecule has 0 aliphatic rings. The standard InChI is InChI=1S/C14H13ClFNO/c1-17(14-5-3-2-4-13(14)16)11-7-6-10(9-18)12(15)8-11/h2-8,18H,9H2,1H3. The SMILES string of the molecule is CN(c1ccc(CO)c(Cl)c1)c1ccccc1F. The van der Waals surface area contributed by atoms with Gasteiger partial charge in [0.15, 0.2) is 0 Å². The van der Waals surface area contributed by atoms with Crippen molar-refractivity contribution in [2.75, 3.05) is 11.9 Å². The summed E-state index contributed by atoms with van der Waals surface area (Å²) in [6.07, 6.45) is 0. The molecule has 4 heteroatoms. The molecule has 0 fully saturated rings. The van der Waals surface area contributed by atoms with Crippen LogP contribution in [0.3, 0.4) is 0 Å². The summed E-state index contributed by atoms with van der Waals surface area (Å²) in [5.41, 5.74) is 1.90. The van der Waals surface area contributed by atoms with Crippen LogP contribution < -0.4 is 4.90 Å². The van der Waals surface area contributed by atoms with E-state index in [-0.39, 0.29) is 12.4 Å². The molecule has 0 heterocycles. The Balaban J connectivity index is 2.37. The van der Waals surface area contributed by atoms with E-state index in [0.29, 0.717) is 16.3 Å². The van der Waals surface area contributed by atoms with Crippen molar-refractivity contribution in [2.45, 2.75) is 6.61 Å². The van der Waals surface area contributed by atoms with Crippen LogP contribution >= 0.6 is 11.6 Å². The lowest BCUT2D eigenvalue weighted by Crippen LogP contribution is -2.11. The van der Waals surface area contributed by atoms with Crippen LogP contribution in [0.25, 0.3) is 0 Å². The van der Waals surface area contributed by atoms with E-state index >= 15 is 0 Å². The highest BCUT2D eigenvalue weighted by molar-refractivity contribution is 6.31. The molecule has 0 aromatic heterocycles. The summed E-state index contributed by atoms with van der Waals surface area (Å²) in [4.78, 5) is 1.71. The predicted molar refractivity (Wildman–Crippen MR) is 71.8 cm³/mol. The summed E-state index contributed by atoms with van der Waals surface area (Å²) in [7, 11) is 1.77. The molecule has 0 atom stereocenters. The van der Waals surface area contributed by atoms with Gasteiger partial charge in [-0.25, -0.2) is 4.39 Å². The van der Waals surface area contributed by atoms with Crippen LogP contribution in [0.4, 0.5) is 15.8 Å². The number of aliphatic hydroxyl groups is 1. The Kier molecular flexibility index (Phi) is 3.84. The lowest BCUT2D eigenvalue weighted by Gasteiger charge is -2.20. The fourth-order valence-electron chi connectivity index (χ4n) is 1.74. The van der Waals surface area contributed by atoms with Gasteiger partial charge in [0, 0.05) is 17.8 Å². The van der Waals surface area contributed by atoms with Crippen LogP contribution in [0, 0.1) is 5.82 Å². The maximum Gasteiger partial charge on any atom is 0.146 e. The molecule has 0 saturated carbocycles. The summed E-state index contributed by atoms with van der Waals surface area (Å²) in [6, 6.07) is 11.8. The van der Waals surface area contributed by atoms with E-state index in [4.69, 9.17) is 16.7 Å². The molecule has 0 aliphatic heterocycles. The van der Waals surface area contributed by atoms with E-state index in [2.05, 4.69) is 0 Å². The van der Waals surface area contributed by atoms with Crippen molar-refractivity contribution in [3.8, 4) is 0 Å². The minimum atomic E-state index is -0.289. The first-order valence-corrected chi connectivity index (χ1v) is 5.89. The van der Waals surface area contributed by atoms with Crippen molar-refractivity contribution in [3.63, 3.8) is 0 Å². The van der Waals surface area contributed by atoms with Gasteiger partial charge in [0.05, 0.1) is 12.3 Å². The molecular formula is C14H13ClFNO. The van der Waals surface area contributed by atoms with Gasteiger partial charge in [0.25, 0.3) is 0 Å². The average molecular weight is 266 g/mol. The summed E-state index contributed by atoms with van der Waals surface area (Å²) < 4.78 is 13.7. The van der Waals surface area contributed by atoms with Crippen molar-refractivity contribution in [2.24, 2.45) is 0 Å². The minimum absolute atomic E-state index is 0.109. The van der Waals surface area contributed by atoms with Crippen molar-refractivity contribution in [3.05, 3.63) is 58.9 Å². The molecule has 0 amide bonds. The number of benzene rings is 2.